The molecule has 11 aromatic rings. The van der Waals surface area contributed by atoms with Crippen molar-refractivity contribution in [1.29, 1.82) is 0 Å². The van der Waals surface area contributed by atoms with Crippen LogP contribution in [0.1, 0.15) is 0 Å². The van der Waals surface area contributed by atoms with Gasteiger partial charge in [0.15, 0.2) is 0 Å². The van der Waals surface area contributed by atoms with Crippen LogP contribution in [0.25, 0.3) is 87.6 Å². The van der Waals surface area contributed by atoms with Crippen LogP contribution in [0.15, 0.2) is 237 Å². The summed E-state index contributed by atoms with van der Waals surface area (Å²) in [5.74, 6) is 0. The highest BCUT2D eigenvalue weighted by molar-refractivity contribution is 6.15. The number of para-hydroxylation sites is 1. The standard InChI is InChI=1S/C58H39N/c1-3-17-40(18-4-1)49-25-15-16-30-57(49)59(46-34-31-42(32-35-46)55-37-43-21-7-9-23-47(43)51-26-11-13-28-53(51)55)58-39-45(33-36-50(58)41-19-5-2-6-20-41)56-38-44-22-8-10-24-48(44)52-27-12-14-29-54(52)56/h1-39H. The maximum Gasteiger partial charge on any atom is 0.0546 e. The summed E-state index contributed by atoms with van der Waals surface area (Å²) < 4.78 is 0. The molecule has 0 aliphatic heterocycles. The van der Waals surface area contributed by atoms with E-state index >= 15 is 0 Å². The third-order valence-corrected chi connectivity index (χ3v) is 11.8. The molecule has 0 spiro atoms. The third kappa shape index (κ3) is 6.12. The van der Waals surface area contributed by atoms with Crippen LogP contribution in [-0.2, 0) is 0 Å². The van der Waals surface area contributed by atoms with Crippen LogP contribution in [0, 0.1) is 0 Å². The van der Waals surface area contributed by atoms with Gasteiger partial charge in [0.05, 0.1) is 11.4 Å². The lowest BCUT2D eigenvalue weighted by molar-refractivity contribution is 1.28. The van der Waals surface area contributed by atoms with E-state index < -0.39 is 0 Å². The first-order chi connectivity index (χ1) is 29.3. The van der Waals surface area contributed by atoms with Crippen molar-refractivity contribution in [2.24, 2.45) is 0 Å². The fourth-order valence-corrected chi connectivity index (χ4v) is 9.06. The monoisotopic (exact) mass is 749 g/mol. The second kappa shape index (κ2) is 14.6. The lowest BCUT2D eigenvalue weighted by atomic mass is 9.91. The van der Waals surface area contributed by atoms with Gasteiger partial charge in [0.2, 0.25) is 0 Å². The molecule has 0 saturated carbocycles. The van der Waals surface area contributed by atoms with E-state index in [1.807, 2.05) is 0 Å². The van der Waals surface area contributed by atoms with Gasteiger partial charge in [-0.3, -0.25) is 0 Å². The number of hydrogen-bond donors (Lipinski definition) is 0. The van der Waals surface area contributed by atoms with E-state index in [9.17, 15) is 0 Å². The summed E-state index contributed by atoms with van der Waals surface area (Å²) in [5, 5.41) is 10.1. The summed E-state index contributed by atoms with van der Waals surface area (Å²) in [4.78, 5) is 2.47. The summed E-state index contributed by atoms with van der Waals surface area (Å²) >= 11 is 0. The Hall–Kier alpha value is -7.74. The zero-order chi connectivity index (χ0) is 39.1. The minimum absolute atomic E-state index is 1.08. The summed E-state index contributed by atoms with van der Waals surface area (Å²) in [6, 6.07) is 86.4. The smallest absolute Gasteiger partial charge is 0.0546 e. The van der Waals surface area contributed by atoms with Crippen LogP contribution in [0.5, 0.6) is 0 Å². The Morgan fingerprint density at radius 3 is 1.20 bits per heavy atom. The van der Waals surface area contributed by atoms with E-state index in [-0.39, 0.29) is 0 Å². The van der Waals surface area contributed by atoms with E-state index in [0.717, 1.165) is 22.6 Å². The first-order valence-electron chi connectivity index (χ1n) is 20.3. The largest absolute Gasteiger partial charge is 0.309 e. The highest BCUT2D eigenvalue weighted by Gasteiger charge is 2.22. The Labute approximate surface area is 344 Å². The van der Waals surface area contributed by atoms with Gasteiger partial charge in [0.25, 0.3) is 0 Å². The zero-order valence-electron chi connectivity index (χ0n) is 32.5. The van der Waals surface area contributed by atoms with Crippen LogP contribution in [-0.4, -0.2) is 0 Å². The van der Waals surface area contributed by atoms with Crippen molar-refractivity contribution in [3.8, 4) is 44.5 Å². The summed E-state index contributed by atoms with van der Waals surface area (Å²) in [7, 11) is 0. The number of benzene rings is 11. The van der Waals surface area contributed by atoms with Gasteiger partial charge in [-0.1, -0.05) is 200 Å². The van der Waals surface area contributed by atoms with Crippen molar-refractivity contribution in [3.63, 3.8) is 0 Å². The predicted octanol–water partition coefficient (Wildman–Crippen LogP) is 16.4. The molecule has 11 rings (SSSR count). The molecule has 0 unspecified atom stereocenters. The van der Waals surface area contributed by atoms with Gasteiger partial charge in [-0.05, 0) is 113 Å². The third-order valence-electron chi connectivity index (χ3n) is 11.8. The molecule has 0 aliphatic rings. The summed E-state index contributed by atoms with van der Waals surface area (Å²) in [6.45, 7) is 0. The predicted molar refractivity (Wildman–Crippen MR) is 253 cm³/mol. The molecule has 59 heavy (non-hydrogen) atoms. The van der Waals surface area contributed by atoms with Crippen LogP contribution in [0.4, 0.5) is 17.1 Å². The molecule has 0 radical (unpaired) electrons. The Kier molecular flexibility index (Phi) is 8.56. The highest BCUT2D eigenvalue weighted by Crippen LogP contribution is 2.47. The van der Waals surface area contributed by atoms with Crippen molar-refractivity contribution in [2.75, 3.05) is 4.90 Å². The van der Waals surface area contributed by atoms with Gasteiger partial charge in [-0.2, -0.15) is 0 Å². The number of nitrogens with zero attached hydrogens (tertiary/aromatic N) is 1. The average Bonchev–Trinajstić information content (AvgIpc) is 3.32. The van der Waals surface area contributed by atoms with Gasteiger partial charge in [0.1, 0.15) is 0 Å². The molecule has 276 valence electrons. The molecule has 0 aliphatic carbocycles. The van der Waals surface area contributed by atoms with Gasteiger partial charge in [0, 0.05) is 16.8 Å². The fraction of sp³-hybridized carbons (Fsp3) is 0. The van der Waals surface area contributed by atoms with Crippen LogP contribution in [0.2, 0.25) is 0 Å². The number of rotatable bonds is 7. The zero-order valence-corrected chi connectivity index (χ0v) is 32.5. The molecule has 0 fully saturated rings. The maximum atomic E-state index is 2.47. The van der Waals surface area contributed by atoms with Gasteiger partial charge in [-0.15, -0.1) is 0 Å². The molecule has 0 saturated heterocycles. The molecule has 0 heterocycles. The molecule has 0 N–H and O–H groups in total. The topological polar surface area (TPSA) is 3.24 Å². The molecule has 1 nitrogen and oxygen atoms in total. The summed E-state index contributed by atoms with van der Waals surface area (Å²) in [6.07, 6.45) is 0. The second-order valence-electron chi connectivity index (χ2n) is 15.2. The highest BCUT2D eigenvalue weighted by atomic mass is 15.1. The lowest BCUT2D eigenvalue weighted by Gasteiger charge is -2.31. The van der Waals surface area contributed by atoms with Crippen LogP contribution < -0.4 is 4.90 Å². The molecular weight excluding hydrogens is 711 g/mol. The van der Waals surface area contributed by atoms with Crippen molar-refractivity contribution >= 4 is 60.2 Å². The first kappa shape index (κ1) is 34.5. The average molecular weight is 750 g/mol. The maximum absolute atomic E-state index is 2.47. The van der Waals surface area contributed by atoms with Gasteiger partial charge >= 0.3 is 0 Å². The lowest BCUT2D eigenvalue weighted by Crippen LogP contribution is -2.12. The Morgan fingerprint density at radius 2 is 0.627 bits per heavy atom. The minimum atomic E-state index is 1.08. The Bertz CT molecular complexity index is 3310. The number of hydrogen-bond acceptors (Lipinski definition) is 1. The molecule has 0 bridgehead atoms. The fourth-order valence-electron chi connectivity index (χ4n) is 9.06. The second-order valence-corrected chi connectivity index (χ2v) is 15.2. The first-order valence-corrected chi connectivity index (χ1v) is 20.3. The molecule has 0 atom stereocenters. The van der Waals surface area contributed by atoms with E-state index in [2.05, 4.69) is 241 Å². The number of anilines is 3. The van der Waals surface area contributed by atoms with Crippen LogP contribution >= 0.6 is 0 Å². The van der Waals surface area contributed by atoms with E-state index in [1.165, 1.54) is 82.0 Å². The molecular formula is C58H39N. The van der Waals surface area contributed by atoms with E-state index in [0.29, 0.717) is 0 Å². The van der Waals surface area contributed by atoms with E-state index in [1.54, 1.807) is 0 Å². The Balaban J connectivity index is 1.17. The normalized spacial score (nSPS) is 11.4. The van der Waals surface area contributed by atoms with Crippen molar-refractivity contribution in [1.82, 2.24) is 0 Å². The SMILES string of the molecule is c1ccc(-c2ccccc2N(c2ccc(-c3cc4ccccc4c4ccccc34)cc2)c2cc(-c3cc4ccccc4c4ccccc34)ccc2-c2ccccc2)cc1. The number of fused-ring (bicyclic) bond motifs is 6. The summed E-state index contributed by atoms with van der Waals surface area (Å²) in [5.41, 5.74) is 12.8. The van der Waals surface area contributed by atoms with Crippen molar-refractivity contribution in [3.05, 3.63) is 237 Å². The Morgan fingerprint density at radius 1 is 0.220 bits per heavy atom. The molecule has 11 aromatic carbocycles. The minimum Gasteiger partial charge on any atom is -0.309 e. The van der Waals surface area contributed by atoms with Crippen LogP contribution in [0.3, 0.4) is 0 Å². The van der Waals surface area contributed by atoms with Crippen molar-refractivity contribution < 1.29 is 0 Å². The van der Waals surface area contributed by atoms with E-state index in [4.69, 9.17) is 0 Å². The van der Waals surface area contributed by atoms with Gasteiger partial charge in [-0.25, -0.2) is 0 Å². The molecule has 1 heteroatoms. The molecule has 0 aromatic heterocycles. The molecule has 0 amide bonds. The van der Waals surface area contributed by atoms with Gasteiger partial charge < -0.3 is 4.90 Å². The quantitative estimate of drug-likeness (QED) is 0.147. The van der Waals surface area contributed by atoms with Crippen molar-refractivity contribution in [2.45, 2.75) is 0 Å².